The molecule has 6 rings (SSSR count). The smallest absolute Gasteiger partial charge is 0.315 e. The van der Waals surface area contributed by atoms with E-state index < -0.39 is 28.5 Å². The van der Waals surface area contributed by atoms with Crippen molar-refractivity contribution in [3.05, 3.63) is 40.9 Å². The Hall–Kier alpha value is -1.38. The SMILES string of the molecule is CC(C)C1=CC2CC3(C=O)[C@@H]4CC[C@@H](C)[C@H]4CC2(CO[C@H]2CN(Sc4ccc(Cl)cc4)[C@H](C)CO2)[C@]13C(=O)O. The molecule has 3 unspecified atom stereocenters. The summed E-state index contributed by atoms with van der Waals surface area (Å²) in [6.45, 7) is 9.96. The fraction of sp³-hybridized carbons (Fsp3) is 0.677. The van der Waals surface area contributed by atoms with E-state index in [1.54, 1.807) is 11.9 Å². The highest BCUT2D eigenvalue weighted by atomic mass is 35.5. The Balaban J connectivity index is 1.30. The Morgan fingerprint density at radius 1 is 1.26 bits per heavy atom. The van der Waals surface area contributed by atoms with Crippen molar-refractivity contribution >= 4 is 35.8 Å². The molecule has 5 aliphatic rings. The first-order valence-corrected chi connectivity index (χ1v) is 15.6. The van der Waals surface area contributed by atoms with Crippen LogP contribution in [0.4, 0.5) is 0 Å². The molecule has 1 aliphatic heterocycles. The van der Waals surface area contributed by atoms with E-state index in [2.05, 4.69) is 38.1 Å². The number of rotatable bonds is 8. The zero-order valence-corrected chi connectivity index (χ0v) is 24.8. The summed E-state index contributed by atoms with van der Waals surface area (Å²) in [5.41, 5.74) is -1.78. The van der Waals surface area contributed by atoms with Gasteiger partial charge in [0.05, 0.1) is 25.2 Å². The van der Waals surface area contributed by atoms with Crippen LogP contribution in [0.25, 0.3) is 0 Å². The maximum absolute atomic E-state index is 13.6. The summed E-state index contributed by atoms with van der Waals surface area (Å²) in [4.78, 5) is 27.9. The largest absolute Gasteiger partial charge is 0.481 e. The zero-order chi connectivity index (χ0) is 27.7. The van der Waals surface area contributed by atoms with E-state index >= 15 is 0 Å². The molecule has 4 aliphatic carbocycles. The van der Waals surface area contributed by atoms with E-state index in [1.165, 1.54) is 0 Å². The van der Waals surface area contributed by atoms with Crippen molar-refractivity contribution in [1.29, 1.82) is 0 Å². The van der Waals surface area contributed by atoms with Crippen LogP contribution in [0, 0.1) is 45.8 Å². The first-order chi connectivity index (χ1) is 18.6. The second kappa shape index (κ2) is 9.87. The van der Waals surface area contributed by atoms with Gasteiger partial charge in [0, 0.05) is 21.4 Å². The topological polar surface area (TPSA) is 76.1 Å². The minimum absolute atomic E-state index is 0.0241. The Morgan fingerprint density at radius 3 is 2.67 bits per heavy atom. The molecule has 1 aromatic carbocycles. The van der Waals surface area contributed by atoms with Gasteiger partial charge in [-0.05, 0) is 92.0 Å². The zero-order valence-electron chi connectivity index (χ0n) is 23.3. The molecule has 1 heterocycles. The van der Waals surface area contributed by atoms with Crippen LogP contribution < -0.4 is 0 Å². The second-order valence-electron chi connectivity index (χ2n) is 13.1. The summed E-state index contributed by atoms with van der Waals surface area (Å²) in [5, 5.41) is 11.9. The van der Waals surface area contributed by atoms with Gasteiger partial charge >= 0.3 is 5.97 Å². The summed E-state index contributed by atoms with van der Waals surface area (Å²) in [5.74, 6) is 0.196. The number of hydrogen-bond acceptors (Lipinski definition) is 6. The number of benzene rings is 1. The van der Waals surface area contributed by atoms with E-state index in [0.29, 0.717) is 43.0 Å². The molecule has 0 spiro atoms. The third kappa shape index (κ3) is 3.79. The van der Waals surface area contributed by atoms with Crippen LogP contribution in [-0.4, -0.2) is 53.8 Å². The van der Waals surface area contributed by atoms with E-state index in [0.717, 1.165) is 36.0 Å². The Bertz CT molecular complexity index is 1170. The molecule has 1 aromatic rings. The van der Waals surface area contributed by atoms with Crippen molar-refractivity contribution in [3.8, 4) is 0 Å². The molecule has 39 heavy (non-hydrogen) atoms. The third-order valence-corrected chi connectivity index (χ3v) is 12.5. The van der Waals surface area contributed by atoms with Crippen LogP contribution in [0.5, 0.6) is 0 Å². The normalized spacial score (nSPS) is 43.0. The Labute approximate surface area is 241 Å². The lowest BCUT2D eigenvalue weighted by molar-refractivity contribution is -0.220. The molecule has 0 aromatic heterocycles. The molecule has 0 radical (unpaired) electrons. The summed E-state index contributed by atoms with van der Waals surface area (Å²) in [6, 6.07) is 8.00. The van der Waals surface area contributed by atoms with Gasteiger partial charge in [-0.1, -0.05) is 50.4 Å². The predicted octanol–water partition coefficient (Wildman–Crippen LogP) is 6.34. The number of fused-ring (bicyclic) bond motifs is 2. The van der Waals surface area contributed by atoms with Crippen molar-refractivity contribution in [2.24, 2.45) is 45.8 Å². The van der Waals surface area contributed by atoms with Gasteiger partial charge in [0.2, 0.25) is 0 Å². The number of carboxylic acid groups (broad SMARTS) is 1. The van der Waals surface area contributed by atoms with Crippen LogP contribution >= 0.6 is 23.5 Å². The summed E-state index contributed by atoms with van der Waals surface area (Å²) >= 11 is 7.74. The second-order valence-corrected chi connectivity index (χ2v) is 14.6. The predicted molar refractivity (Wildman–Crippen MR) is 151 cm³/mol. The molecule has 4 bridgehead atoms. The number of carbonyl (C=O) groups excluding carboxylic acids is 1. The van der Waals surface area contributed by atoms with Gasteiger partial charge in [-0.15, -0.1) is 0 Å². The van der Waals surface area contributed by atoms with E-state index in [1.807, 2.05) is 24.3 Å². The number of morpholine rings is 1. The van der Waals surface area contributed by atoms with Gasteiger partial charge in [-0.25, -0.2) is 4.31 Å². The van der Waals surface area contributed by atoms with Crippen LogP contribution in [0.15, 0.2) is 40.8 Å². The molecular weight excluding hydrogens is 534 g/mol. The minimum atomic E-state index is -1.22. The number of aldehydes is 1. The van der Waals surface area contributed by atoms with E-state index in [4.69, 9.17) is 21.1 Å². The molecule has 6 nitrogen and oxygen atoms in total. The van der Waals surface area contributed by atoms with E-state index in [-0.39, 0.29) is 23.8 Å². The van der Waals surface area contributed by atoms with Gasteiger partial charge in [0.1, 0.15) is 11.7 Å². The highest BCUT2D eigenvalue weighted by molar-refractivity contribution is 7.97. The first kappa shape index (κ1) is 27.8. The van der Waals surface area contributed by atoms with E-state index in [9.17, 15) is 14.7 Å². The van der Waals surface area contributed by atoms with Crippen molar-refractivity contribution < 1.29 is 24.2 Å². The lowest BCUT2D eigenvalue weighted by Crippen LogP contribution is -2.63. The number of ether oxygens (including phenoxy) is 2. The van der Waals surface area contributed by atoms with Crippen molar-refractivity contribution in [1.82, 2.24) is 4.31 Å². The van der Waals surface area contributed by atoms with Crippen LogP contribution in [0.1, 0.15) is 53.4 Å². The average molecular weight is 574 g/mol. The lowest BCUT2D eigenvalue weighted by Gasteiger charge is -2.58. The molecule has 212 valence electrons. The number of carbonyl (C=O) groups is 2. The van der Waals surface area contributed by atoms with Crippen molar-refractivity contribution in [2.45, 2.75) is 70.6 Å². The van der Waals surface area contributed by atoms with Crippen molar-refractivity contribution in [3.63, 3.8) is 0 Å². The maximum Gasteiger partial charge on any atom is 0.315 e. The minimum Gasteiger partial charge on any atom is -0.481 e. The van der Waals surface area contributed by atoms with Gasteiger partial charge in [0.25, 0.3) is 0 Å². The van der Waals surface area contributed by atoms with Gasteiger partial charge in [-0.3, -0.25) is 4.79 Å². The first-order valence-electron chi connectivity index (χ1n) is 14.4. The average Bonchev–Trinajstić information content (AvgIpc) is 3.48. The number of aliphatic carboxylic acids is 1. The quantitative estimate of drug-likeness (QED) is 0.221. The van der Waals surface area contributed by atoms with Crippen LogP contribution in [0.3, 0.4) is 0 Å². The van der Waals surface area contributed by atoms with Gasteiger partial charge in [0.15, 0.2) is 6.29 Å². The fourth-order valence-corrected chi connectivity index (χ4v) is 10.5. The summed E-state index contributed by atoms with van der Waals surface area (Å²) < 4.78 is 15.1. The molecule has 1 N–H and O–H groups in total. The maximum atomic E-state index is 13.6. The molecule has 1 saturated heterocycles. The number of hydrogen-bond donors (Lipinski definition) is 1. The van der Waals surface area contributed by atoms with Gasteiger partial charge < -0.3 is 19.4 Å². The molecular formula is C31H40ClNO5S. The number of carboxylic acids is 1. The van der Waals surface area contributed by atoms with Crippen molar-refractivity contribution in [2.75, 3.05) is 19.8 Å². The molecule has 8 heteroatoms. The summed E-state index contributed by atoms with van der Waals surface area (Å²) in [7, 11) is 0. The third-order valence-electron chi connectivity index (χ3n) is 11.0. The highest BCUT2D eigenvalue weighted by Gasteiger charge is 2.84. The van der Waals surface area contributed by atoms with Gasteiger partial charge in [-0.2, -0.15) is 0 Å². The number of allylic oxidation sites excluding steroid dienone is 1. The fourth-order valence-electron chi connectivity index (χ4n) is 9.44. The molecule has 9 atom stereocenters. The Morgan fingerprint density at radius 2 is 2.00 bits per heavy atom. The Kier molecular flexibility index (Phi) is 7.03. The molecule has 0 amide bonds. The molecule has 3 saturated carbocycles. The number of nitrogens with zero attached hydrogens (tertiary/aromatic N) is 1. The summed E-state index contributed by atoms with van der Waals surface area (Å²) in [6.07, 6.45) is 6.25. The molecule has 4 fully saturated rings. The standard InChI is InChI=1S/C31H40ClNO5S/c1-18(2)26-11-21-12-29(16-34)25-10-5-19(3)24(25)13-30(21,31(26,29)28(35)36)17-38-27-14-33(20(4)15-37-27)39-23-8-6-22(32)7-9-23/h6-9,11,16,18-21,24-25,27H,5,10,12-15,17H2,1-4H3,(H,35,36)/t19-,20-,21?,24-,25-,27+,29?,30?,31+/m1/s1. The van der Waals surface area contributed by atoms with Crippen LogP contribution in [-0.2, 0) is 19.1 Å². The lowest BCUT2D eigenvalue weighted by atomic mass is 9.43. The van der Waals surface area contributed by atoms with Crippen LogP contribution in [0.2, 0.25) is 5.02 Å². The number of halogens is 1. The monoisotopic (exact) mass is 573 g/mol. The highest BCUT2D eigenvalue weighted by Crippen LogP contribution is 2.82.